The molecule has 0 fully saturated rings. The zero-order chi connectivity index (χ0) is 13.9. The van der Waals surface area contributed by atoms with Gasteiger partial charge in [0.25, 0.3) is 0 Å². The number of ether oxygens (including phenoxy) is 1. The number of aliphatic hydroxyl groups is 1. The van der Waals surface area contributed by atoms with E-state index in [1.54, 1.807) is 11.3 Å². The van der Waals surface area contributed by atoms with Gasteiger partial charge >= 0.3 is 5.97 Å². The van der Waals surface area contributed by atoms with Gasteiger partial charge in [0, 0.05) is 22.3 Å². The van der Waals surface area contributed by atoms with Crippen LogP contribution in [0.25, 0.3) is 0 Å². The van der Waals surface area contributed by atoms with Gasteiger partial charge in [-0.2, -0.15) is 0 Å². The Morgan fingerprint density at radius 2 is 2.22 bits per heavy atom. The largest absolute Gasteiger partial charge is 0.467 e. The van der Waals surface area contributed by atoms with Crippen LogP contribution in [0.3, 0.4) is 0 Å². The molecule has 1 heterocycles. The highest BCUT2D eigenvalue weighted by Gasteiger charge is 2.31. The zero-order valence-electron chi connectivity index (χ0n) is 11.5. The monoisotopic (exact) mass is 271 g/mol. The summed E-state index contributed by atoms with van der Waals surface area (Å²) in [6.07, 6.45) is 0. The molecule has 1 aromatic heterocycles. The number of thiophene rings is 1. The molecule has 0 spiro atoms. The molecule has 2 unspecified atom stereocenters. The molecule has 5 heteroatoms. The Morgan fingerprint density at radius 1 is 1.61 bits per heavy atom. The van der Waals surface area contributed by atoms with E-state index in [1.807, 2.05) is 6.92 Å². The van der Waals surface area contributed by atoms with Crippen molar-refractivity contribution in [3.05, 3.63) is 21.4 Å². The van der Waals surface area contributed by atoms with Crippen molar-refractivity contribution in [2.24, 2.45) is 0 Å². The molecule has 1 rings (SSSR count). The number of esters is 1. The minimum atomic E-state index is -1.50. The highest BCUT2D eigenvalue weighted by Crippen LogP contribution is 2.26. The summed E-state index contributed by atoms with van der Waals surface area (Å²) in [5.74, 6) is -0.625. The van der Waals surface area contributed by atoms with Gasteiger partial charge in [0.05, 0.1) is 7.11 Å². The lowest BCUT2D eigenvalue weighted by Gasteiger charge is -2.23. The van der Waals surface area contributed by atoms with E-state index in [0.717, 1.165) is 0 Å². The Balaban J connectivity index is 2.64. The molecule has 0 aromatic carbocycles. The molecule has 0 amide bonds. The maximum absolute atomic E-state index is 11.3. The number of nitrogens with one attached hydrogen (secondary N) is 1. The molecule has 0 aliphatic carbocycles. The van der Waals surface area contributed by atoms with Crippen molar-refractivity contribution in [1.82, 2.24) is 5.32 Å². The number of carbonyl (C=O) groups is 1. The van der Waals surface area contributed by atoms with Gasteiger partial charge in [-0.15, -0.1) is 11.3 Å². The molecule has 4 nitrogen and oxygen atoms in total. The molecule has 102 valence electrons. The van der Waals surface area contributed by atoms with E-state index >= 15 is 0 Å². The predicted octanol–water partition coefficient (Wildman–Crippen LogP) is 1.94. The number of rotatable bonds is 5. The number of hydrogen-bond acceptors (Lipinski definition) is 5. The summed E-state index contributed by atoms with van der Waals surface area (Å²) in [6.45, 7) is 7.77. The summed E-state index contributed by atoms with van der Waals surface area (Å²) in [4.78, 5) is 13.9. The van der Waals surface area contributed by atoms with Crippen molar-refractivity contribution in [3.8, 4) is 0 Å². The van der Waals surface area contributed by atoms with E-state index in [2.05, 4.69) is 30.0 Å². The highest BCUT2D eigenvalue weighted by atomic mass is 32.1. The summed E-state index contributed by atoms with van der Waals surface area (Å²) in [6, 6.07) is 2.22. The van der Waals surface area contributed by atoms with Crippen LogP contribution < -0.4 is 5.32 Å². The Labute approximate surface area is 112 Å². The minimum absolute atomic E-state index is 0.0890. The molecule has 0 bridgehead atoms. The van der Waals surface area contributed by atoms with Crippen molar-refractivity contribution >= 4 is 17.3 Å². The molecule has 0 aliphatic heterocycles. The van der Waals surface area contributed by atoms with E-state index in [1.165, 1.54) is 29.4 Å². The van der Waals surface area contributed by atoms with Crippen LogP contribution in [0.2, 0.25) is 0 Å². The average Bonchev–Trinajstić information content (AvgIpc) is 2.64. The fourth-order valence-electron chi connectivity index (χ4n) is 1.83. The van der Waals surface area contributed by atoms with Gasteiger partial charge in [0.1, 0.15) is 0 Å². The molecule has 0 saturated carbocycles. The van der Waals surface area contributed by atoms with Crippen LogP contribution in [0.1, 0.15) is 35.2 Å². The molecule has 2 N–H and O–H groups in total. The number of methoxy groups -OCH3 is 1. The van der Waals surface area contributed by atoms with Crippen LogP contribution in [0, 0.1) is 13.8 Å². The second kappa shape index (κ2) is 5.82. The smallest absolute Gasteiger partial charge is 0.338 e. The predicted molar refractivity (Wildman–Crippen MR) is 72.9 cm³/mol. The Kier molecular flexibility index (Phi) is 4.90. The lowest BCUT2D eigenvalue weighted by molar-refractivity contribution is -0.160. The lowest BCUT2D eigenvalue weighted by atomic mass is 10.1. The summed E-state index contributed by atoms with van der Waals surface area (Å²) in [5, 5.41) is 13.1. The van der Waals surface area contributed by atoms with Crippen LogP contribution in [0.4, 0.5) is 0 Å². The quantitative estimate of drug-likeness (QED) is 0.804. The third-order valence-corrected chi connectivity index (χ3v) is 3.91. The molecular weight excluding hydrogens is 250 g/mol. The van der Waals surface area contributed by atoms with Crippen molar-refractivity contribution in [1.29, 1.82) is 0 Å². The number of hydrogen-bond donors (Lipinski definition) is 2. The summed E-state index contributed by atoms with van der Waals surface area (Å²) < 4.78 is 4.55. The molecule has 0 radical (unpaired) electrons. The number of aryl methyl sites for hydroxylation is 2. The topological polar surface area (TPSA) is 58.6 Å². The van der Waals surface area contributed by atoms with Crippen LogP contribution in [0.5, 0.6) is 0 Å². The first-order valence-corrected chi connectivity index (χ1v) is 6.70. The van der Waals surface area contributed by atoms with Crippen LogP contribution in [-0.4, -0.2) is 30.3 Å². The first kappa shape index (κ1) is 15.1. The van der Waals surface area contributed by atoms with Crippen molar-refractivity contribution in [2.75, 3.05) is 13.7 Å². The third kappa shape index (κ3) is 3.54. The van der Waals surface area contributed by atoms with Gasteiger partial charge < -0.3 is 15.2 Å². The van der Waals surface area contributed by atoms with Crippen LogP contribution >= 0.6 is 11.3 Å². The van der Waals surface area contributed by atoms with E-state index in [9.17, 15) is 9.90 Å². The van der Waals surface area contributed by atoms with Crippen LogP contribution in [-0.2, 0) is 9.53 Å². The van der Waals surface area contributed by atoms with Gasteiger partial charge in [-0.1, -0.05) is 0 Å². The summed E-state index contributed by atoms with van der Waals surface area (Å²) >= 11 is 1.75. The molecule has 18 heavy (non-hydrogen) atoms. The second-order valence-corrected chi connectivity index (χ2v) is 6.20. The van der Waals surface area contributed by atoms with Crippen molar-refractivity contribution < 1.29 is 14.6 Å². The van der Waals surface area contributed by atoms with Gasteiger partial charge in [-0.25, -0.2) is 4.79 Å². The Bertz CT molecular complexity index is 426. The minimum Gasteiger partial charge on any atom is -0.467 e. The fraction of sp³-hybridized carbons (Fsp3) is 0.615. The van der Waals surface area contributed by atoms with Gasteiger partial charge in [-0.3, -0.25) is 0 Å². The maximum Gasteiger partial charge on any atom is 0.338 e. The summed E-state index contributed by atoms with van der Waals surface area (Å²) in [7, 11) is 1.27. The average molecular weight is 271 g/mol. The zero-order valence-corrected chi connectivity index (χ0v) is 12.4. The normalized spacial score (nSPS) is 16.1. The molecule has 0 aliphatic rings. The number of carbonyl (C=O) groups excluding carboxylic acids is 1. The third-order valence-electron chi connectivity index (χ3n) is 2.92. The molecule has 2 atom stereocenters. The van der Waals surface area contributed by atoms with E-state index in [0.29, 0.717) is 0 Å². The first-order valence-electron chi connectivity index (χ1n) is 5.89. The first-order chi connectivity index (χ1) is 8.27. The summed E-state index contributed by atoms with van der Waals surface area (Å²) in [5.41, 5.74) is -0.291. The Hall–Kier alpha value is -0.910. The fourth-order valence-corrected chi connectivity index (χ4v) is 2.86. The second-order valence-electron chi connectivity index (χ2n) is 4.74. The van der Waals surface area contributed by atoms with Gasteiger partial charge in [0.15, 0.2) is 5.60 Å². The van der Waals surface area contributed by atoms with Crippen LogP contribution in [0.15, 0.2) is 6.07 Å². The van der Waals surface area contributed by atoms with Crippen molar-refractivity contribution in [2.45, 2.75) is 39.3 Å². The van der Waals surface area contributed by atoms with E-state index in [4.69, 9.17) is 0 Å². The molecule has 1 aromatic rings. The molecular formula is C13H21NO3S. The standard InChI is InChI=1S/C13H21NO3S/c1-8-6-11(10(3)18-8)9(2)14-7-13(4,16)12(15)17-5/h6,9,14,16H,7H2,1-5H3. The molecule has 0 saturated heterocycles. The lowest BCUT2D eigenvalue weighted by Crippen LogP contribution is -2.46. The highest BCUT2D eigenvalue weighted by molar-refractivity contribution is 7.12. The SMILES string of the molecule is COC(=O)C(C)(O)CNC(C)c1cc(C)sc1C. The van der Waals surface area contributed by atoms with Gasteiger partial charge in [-0.05, 0) is 39.3 Å². The Morgan fingerprint density at radius 3 is 2.67 bits per heavy atom. The maximum atomic E-state index is 11.3. The van der Waals surface area contributed by atoms with E-state index < -0.39 is 11.6 Å². The van der Waals surface area contributed by atoms with Crippen molar-refractivity contribution in [3.63, 3.8) is 0 Å². The van der Waals surface area contributed by atoms with Gasteiger partial charge in [0.2, 0.25) is 0 Å². The van der Waals surface area contributed by atoms with E-state index in [-0.39, 0.29) is 12.6 Å².